The van der Waals surface area contributed by atoms with Gasteiger partial charge in [0, 0.05) is 12.5 Å². The SMILES string of the molecule is CC1(C)C[C@H](/C=N/[S@+]([O-])C(C)(C)C)CCO1. The zero-order valence-electron chi connectivity index (χ0n) is 10.9. The second kappa shape index (κ2) is 5.07. The summed E-state index contributed by atoms with van der Waals surface area (Å²) in [5, 5.41) is 0. The molecule has 0 aromatic carbocycles. The Bertz CT molecular complexity index is 258. The summed E-state index contributed by atoms with van der Waals surface area (Å²) >= 11 is -1.14. The van der Waals surface area contributed by atoms with Crippen LogP contribution in [0.3, 0.4) is 0 Å². The van der Waals surface area contributed by atoms with Gasteiger partial charge in [0.1, 0.15) is 16.1 Å². The number of rotatable bonds is 2. The lowest BCUT2D eigenvalue weighted by Gasteiger charge is -2.33. The summed E-state index contributed by atoms with van der Waals surface area (Å²) in [6, 6.07) is 0. The summed E-state index contributed by atoms with van der Waals surface area (Å²) in [6.45, 7) is 10.8. The highest BCUT2D eigenvalue weighted by Gasteiger charge is 2.30. The minimum atomic E-state index is -1.14. The molecule has 4 heteroatoms. The molecule has 0 amide bonds. The maximum atomic E-state index is 11.8. The minimum Gasteiger partial charge on any atom is -0.591 e. The molecule has 0 aromatic rings. The van der Waals surface area contributed by atoms with Crippen molar-refractivity contribution in [3.8, 4) is 0 Å². The molecule has 3 nitrogen and oxygen atoms in total. The first-order valence-corrected chi connectivity index (χ1v) is 6.91. The van der Waals surface area contributed by atoms with Crippen LogP contribution in [0.2, 0.25) is 0 Å². The van der Waals surface area contributed by atoms with Crippen molar-refractivity contribution >= 4 is 17.6 Å². The smallest absolute Gasteiger partial charge is 0.144 e. The Labute approximate surface area is 102 Å². The second-order valence-corrected chi connectivity index (χ2v) is 7.91. The van der Waals surface area contributed by atoms with E-state index in [1.165, 1.54) is 0 Å². The van der Waals surface area contributed by atoms with Gasteiger partial charge in [0.25, 0.3) is 0 Å². The van der Waals surface area contributed by atoms with Crippen LogP contribution >= 0.6 is 0 Å². The minimum absolute atomic E-state index is 0.0713. The molecule has 1 heterocycles. The van der Waals surface area contributed by atoms with Gasteiger partial charge in [0.2, 0.25) is 0 Å². The fourth-order valence-corrected chi connectivity index (χ4v) is 2.30. The standard InChI is InChI=1S/C12H23NO2S/c1-11(2,3)16(14)13-9-10-6-7-15-12(4,5)8-10/h9-10H,6-8H2,1-5H3/b13-9+/t10-,16-/m1/s1. The van der Waals surface area contributed by atoms with E-state index < -0.39 is 11.4 Å². The van der Waals surface area contributed by atoms with E-state index in [-0.39, 0.29) is 10.3 Å². The van der Waals surface area contributed by atoms with Crippen LogP contribution < -0.4 is 0 Å². The molecule has 0 saturated carbocycles. The van der Waals surface area contributed by atoms with Crippen LogP contribution in [0, 0.1) is 5.92 Å². The predicted molar refractivity (Wildman–Crippen MR) is 69.1 cm³/mol. The lowest BCUT2D eigenvalue weighted by atomic mass is 9.89. The Morgan fingerprint density at radius 3 is 2.56 bits per heavy atom. The highest BCUT2D eigenvalue weighted by molar-refractivity contribution is 7.91. The third-order valence-corrected chi connectivity index (χ3v) is 3.99. The highest BCUT2D eigenvalue weighted by atomic mass is 32.2. The lowest BCUT2D eigenvalue weighted by Crippen LogP contribution is -2.35. The second-order valence-electron chi connectivity index (χ2n) is 5.98. The maximum Gasteiger partial charge on any atom is 0.144 e. The average molecular weight is 245 g/mol. The van der Waals surface area contributed by atoms with Gasteiger partial charge in [-0.05, 0) is 47.5 Å². The van der Waals surface area contributed by atoms with Crippen molar-refractivity contribution in [2.24, 2.45) is 10.3 Å². The van der Waals surface area contributed by atoms with E-state index in [4.69, 9.17) is 4.74 Å². The highest BCUT2D eigenvalue weighted by Crippen LogP contribution is 2.28. The molecule has 0 radical (unpaired) electrons. The van der Waals surface area contributed by atoms with Crippen LogP contribution in [0.4, 0.5) is 0 Å². The summed E-state index contributed by atoms with van der Waals surface area (Å²) in [5.41, 5.74) is -0.0713. The molecule has 1 aliphatic heterocycles. The van der Waals surface area contributed by atoms with Crippen molar-refractivity contribution in [3.63, 3.8) is 0 Å². The van der Waals surface area contributed by atoms with Gasteiger partial charge in [0.15, 0.2) is 0 Å². The largest absolute Gasteiger partial charge is 0.591 e. The van der Waals surface area contributed by atoms with Crippen molar-refractivity contribution in [1.82, 2.24) is 0 Å². The van der Waals surface area contributed by atoms with Crippen LogP contribution in [0.15, 0.2) is 4.40 Å². The molecular weight excluding hydrogens is 222 g/mol. The van der Waals surface area contributed by atoms with Crippen LogP contribution in [0.25, 0.3) is 0 Å². The van der Waals surface area contributed by atoms with Crippen molar-refractivity contribution in [2.45, 2.75) is 57.8 Å². The Hall–Kier alpha value is -0.0600. The molecule has 0 aromatic heterocycles. The summed E-state index contributed by atoms with van der Waals surface area (Å²) < 4.78 is 21.3. The molecule has 16 heavy (non-hydrogen) atoms. The van der Waals surface area contributed by atoms with Gasteiger partial charge in [-0.3, -0.25) is 0 Å². The molecule has 1 saturated heterocycles. The number of hydrogen-bond donors (Lipinski definition) is 0. The monoisotopic (exact) mass is 245 g/mol. The van der Waals surface area contributed by atoms with E-state index >= 15 is 0 Å². The van der Waals surface area contributed by atoms with Crippen LogP contribution in [-0.4, -0.2) is 27.7 Å². The Kier molecular flexibility index (Phi) is 4.43. The first-order chi connectivity index (χ1) is 7.21. The van der Waals surface area contributed by atoms with Gasteiger partial charge in [-0.15, -0.1) is 0 Å². The van der Waals surface area contributed by atoms with Gasteiger partial charge in [-0.1, -0.05) is 4.40 Å². The van der Waals surface area contributed by atoms with Crippen molar-refractivity contribution in [2.75, 3.05) is 6.61 Å². The Morgan fingerprint density at radius 2 is 2.06 bits per heavy atom. The van der Waals surface area contributed by atoms with Crippen LogP contribution in [-0.2, 0) is 16.1 Å². The molecule has 0 bridgehead atoms. The van der Waals surface area contributed by atoms with Crippen molar-refractivity contribution in [3.05, 3.63) is 0 Å². The number of nitrogens with zero attached hydrogens (tertiary/aromatic N) is 1. The van der Waals surface area contributed by atoms with E-state index in [1.54, 1.807) is 0 Å². The quantitative estimate of drug-likeness (QED) is 0.554. The van der Waals surface area contributed by atoms with E-state index in [0.29, 0.717) is 5.92 Å². The fourth-order valence-electron chi connectivity index (χ4n) is 1.71. The van der Waals surface area contributed by atoms with E-state index in [9.17, 15) is 4.55 Å². The maximum absolute atomic E-state index is 11.8. The van der Waals surface area contributed by atoms with Gasteiger partial charge in [-0.2, -0.15) is 0 Å². The van der Waals surface area contributed by atoms with Crippen LogP contribution in [0.1, 0.15) is 47.5 Å². The molecule has 2 atom stereocenters. The molecule has 1 aliphatic rings. The zero-order chi connectivity index (χ0) is 12.4. The molecule has 0 spiro atoms. The topological polar surface area (TPSA) is 44.7 Å². The molecule has 0 N–H and O–H groups in total. The van der Waals surface area contributed by atoms with Gasteiger partial charge < -0.3 is 9.29 Å². The first-order valence-electron chi connectivity index (χ1n) is 5.81. The Morgan fingerprint density at radius 1 is 1.44 bits per heavy atom. The van der Waals surface area contributed by atoms with E-state index in [0.717, 1.165) is 19.4 Å². The Balaban J connectivity index is 2.51. The van der Waals surface area contributed by atoms with Gasteiger partial charge in [0.05, 0.1) is 11.8 Å². The van der Waals surface area contributed by atoms with E-state index in [1.807, 2.05) is 27.0 Å². The fraction of sp³-hybridized carbons (Fsp3) is 0.917. The lowest BCUT2D eigenvalue weighted by molar-refractivity contribution is -0.0608. The summed E-state index contributed by atoms with van der Waals surface area (Å²) in [5.74, 6) is 0.398. The van der Waals surface area contributed by atoms with Crippen molar-refractivity contribution < 1.29 is 9.29 Å². The van der Waals surface area contributed by atoms with Gasteiger partial charge in [-0.25, -0.2) is 0 Å². The molecule has 0 unspecified atom stereocenters. The summed E-state index contributed by atoms with van der Waals surface area (Å²) in [7, 11) is 0. The molecule has 1 fully saturated rings. The molecule has 1 rings (SSSR count). The number of hydrogen-bond acceptors (Lipinski definition) is 3. The zero-order valence-corrected chi connectivity index (χ0v) is 11.8. The first kappa shape index (κ1) is 14.0. The third kappa shape index (κ3) is 4.44. The van der Waals surface area contributed by atoms with Crippen LogP contribution in [0.5, 0.6) is 0 Å². The molecule has 94 valence electrons. The average Bonchev–Trinajstić information content (AvgIpc) is 2.11. The van der Waals surface area contributed by atoms with E-state index in [2.05, 4.69) is 18.2 Å². The van der Waals surface area contributed by atoms with Crippen molar-refractivity contribution in [1.29, 1.82) is 0 Å². The molecular formula is C12H23NO2S. The van der Waals surface area contributed by atoms with Gasteiger partial charge >= 0.3 is 0 Å². The summed E-state index contributed by atoms with van der Waals surface area (Å²) in [4.78, 5) is 0. The predicted octanol–water partition coefficient (Wildman–Crippen LogP) is 2.72. The normalized spacial score (nSPS) is 28.2. The molecule has 0 aliphatic carbocycles. The number of ether oxygens (including phenoxy) is 1. The third-order valence-electron chi connectivity index (χ3n) is 2.63. The summed E-state index contributed by atoms with van der Waals surface area (Å²) in [6.07, 6.45) is 3.80.